The molecule has 0 aromatic heterocycles. The van der Waals surface area contributed by atoms with Crippen LogP contribution in [0.5, 0.6) is 0 Å². The van der Waals surface area contributed by atoms with E-state index in [2.05, 4.69) is 11.5 Å². The van der Waals surface area contributed by atoms with Crippen molar-refractivity contribution in [3.63, 3.8) is 0 Å². The average molecular weight is 106 g/mol. The van der Waals surface area contributed by atoms with E-state index in [0.717, 1.165) is 0 Å². The summed E-state index contributed by atoms with van der Waals surface area (Å²) in [4.78, 5) is 12.5. The second-order valence-electron chi connectivity index (χ2n) is 0.784. The average Bonchev–Trinajstić information content (AvgIpc) is 1.65. The molecule has 0 aliphatic rings. The van der Waals surface area contributed by atoms with Crippen LogP contribution < -0.4 is 0 Å². The second kappa shape index (κ2) is 2.30. The van der Waals surface area contributed by atoms with Gasteiger partial charge in [-0.3, -0.25) is 4.89 Å². The lowest BCUT2D eigenvalue weighted by atomic mass is 10.6. The molecule has 0 aliphatic heterocycles. The van der Waals surface area contributed by atoms with Crippen molar-refractivity contribution < 1.29 is 19.3 Å². The summed E-state index contributed by atoms with van der Waals surface area (Å²) in [5.41, 5.74) is 0. The van der Waals surface area contributed by atoms with Gasteiger partial charge in [-0.25, -0.2) is 4.79 Å². The fourth-order valence-electron chi connectivity index (χ4n) is 0.0495. The van der Waals surface area contributed by atoms with Crippen LogP contribution in [-0.2, 0) is 9.68 Å². The molecule has 0 saturated heterocycles. The minimum absolute atomic E-state index is 1.32. The molecular weight excluding hydrogens is 103 g/mol. The third-order valence-electron chi connectivity index (χ3n) is 0.304. The topological polar surface area (TPSA) is 46.5 Å². The Balaban J connectivity index is 3.58. The van der Waals surface area contributed by atoms with Gasteiger partial charge < -0.3 is 0 Å². The Morgan fingerprint density at radius 2 is 2.29 bits per heavy atom. The highest BCUT2D eigenvalue weighted by Gasteiger charge is 2.03. The standard InChI is InChI=1S/C3H3FO3/c1-2(4)3(5)7-6/h6H,1H2. The smallest absolute Gasteiger partial charge is 0.293 e. The van der Waals surface area contributed by atoms with Gasteiger partial charge in [0.05, 0.1) is 0 Å². The van der Waals surface area contributed by atoms with E-state index < -0.39 is 11.8 Å². The normalized spacial score (nSPS) is 7.71. The van der Waals surface area contributed by atoms with Gasteiger partial charge in [-0.2, -0.15) is 9.65 Å². The SMILES string of the molecule is C=C(F)C(=O)OO. The molecule has 0 atom stereocenters. The van der Waals surface area contributed by atoms with E-state index in [1.54, 1.807) is 0 Å². The maximum Gasteiger partial charge on any atom is 0.400 e. The first-order valence-corrected chi connectivity index (χ1v) is 1.38. The van der Waals surface area contributed by atoms with Gasteiger partial charge in [0.2, 0.25) is 5.83 Å². The van der Waals surface area contributed by atoms with Crippen LogP contribution in [0.15, 0.2) is 12.4 Å². The minimum atomic E-state index is -1.46. The minimum Gasteiger partial charge on any atom is -0.293 e. The molecule has 0 unspecified atom stereocenters. The highest BCUT2D eigenvalue weighted by atomic mass is 19.1. The Bertz CT molecular complexity index is 98.4. The van der Waals surface area contributed by atoms with Crippen LogP contribution in [0.1, 0.15) is 0 Å². The first-order chi connectivity index (χ1) is 3.18. The third kappa shape index (κ3) is 1.88. The van der Waals surface area contributed by atoms with Crippen molar-refractivity contribution in [2.24, 2.45) is 0 Å². The molecule has 7 heavy (non-hydrogen) atoms. The van der Waals surface area contributed by atoms with E-state index in [4.69, 9.17) is 5.26 Å². The van der Waals surface area contributed by atoms with E-state index >= 15 is 0 Å². The lowest BCUT2D eigenvalue weighted by Crippen LogP contribution is -1.98. The molecule has 0 rings (SSSR count). The predicted molar refractivity (Wildman–Crippen MR) is 19.0 cm³/mol. The fraction of sp³-hybridized carbons (Fsp3) is 0. The number of hydrogen-bond acceptors (Lipinski definition) is 3. The van der Waals surface area contributed by atoms with Crippen molar-refractivity contribution >= 4 is 5.97 Å². The Hall–Kier alpha value is -0.900. The Morgan fingerprint density at radius 1 is 1.86 bits per heavy atom. The molecule has 0 radical (unpaired) electrons. The van der Waals surface area contributed by atoms with E-state index in [0.29, 0.717) is 0 Å². The highest BCUT2D eigenvalue weighted by molar-refractivity contribution is 5.84. The van der Waals surface area contributed by atoms with E-state index in [-0.39, 0.29) is 0 Å². The molecule has 0 amide bonds. The number of hydrogen-bond donors (Lipinski definition) is 1. The molecule has 4 heteroatoms. The molecule has 40 valence electrons. The highest BCUT2D eigenvalue weighted by Crippen LogP contribution is 1.90. The zero-order chi connectivity index (χ0) is 5.86. The third-order valence-corrected chi connectivity index (χ3v) is 0.304. The summed E-state index contributed by atoms with van der Waals surface area (Å²) in [5.74, 6) is -2.78. The molecule has 0 fully saturated rings. The van der Waals surface area contributed by atoms with Gasteiger partial charge in [0.15, 0.2) is 0 Å². The number of carbonyl (C=O) groups excluding carboxylic acids is 1. The number of carbonyl (C=O) groups is 1. The van der Waals surface area contributed by atoms with Crippen LogP contribution >= 0.6 is 0 Å². The number of rotatable bonds is 1. The van der Waals surface area contributed by atoms with E-state index in [9.17, 15) is 9.18 Å². The van der Waals surface area contributed by atoms with Gasteiger partial charge in [-0.05, 0) is 0 Å². The lowest BCUT2D eigenvalue weighted by molar-refractivity contribution is -0.230. The van der Waals surface area contributed by atoms with E-state index in [1.165, 1.54) is 0 Å². The van der Waals surface area contributed by atoms with Crippen molar-refractivity contribution in [1.29, 1.82) is 0 Å². The molecular formula is C3H3FO3. The molecule has 0 spiro atoms. The Labute approximate surface area is 38.9 Å². The van der Waals surface area contributed by atoms with Gasteiger partial charge in [0.25, 0.3) is 0 Å². The quantitative estimate of drug-likeness (QED) is 0.300. The van der Waals surface area contributed by atoms with Gasteiger partial charge >= 0.3 is 5.97 Å². The van der Waals surface area contributed by atoms with Crippen molar-refractivity contribution in [3.8, 4) is 0 Å². The summed E-state index contributed by atoms with van der Waals surface area (Å²) in [6, 6.07) is 0. The van der Waals surface area contributed by atoms with Crippen LogP contribution in [0.25, 0.3) is 0 Å². The van der Waals surface area contributed by atoms with Crippen molar-refractivity contribution in [3.05, 3.63) is 12.4 Å². The largest absolute Gasteiger partial charge is 0.400 e. The molecule has 0 aromatic rings. The van der Waals surface area contributed by atoms with Gasteiger partial charge in [0, 0.05) is 0 Å². The van der Waals surface area contributed by atoms with Crippen LogP contribution in [-0.4, -0.2) is 11.2 Å². The molecule has 0 aliphatic carbocycles. The zero-order valence-electron chi connectivity index (χ0n) is 3.35. The first kappa shape index (κ1) is 6.10. The Morgan fingerprint density at radius 3 is 2.29 bits per heavy atom. The fourth-order valence-corrected chi connectivity index (χ4v) is 0.0495. The van der Waals surface area contributed by atoms with Crippen molar-refractivity contribution in [2.75, 3.05) is 0 Å². The molecule has 0 heterocycles. The predicted octanol–water partition coefficient (Wildman–Crippen LogP) is 0.486. The molecule has 0 bridgehead atoms. The van der Waals surface area contributed by atoms with Gasteiger partial charge in [-0.15, -0.1) is 0 Å². The van der Waals surface area contributed by atoms with Crippen LogP contribution in [0.4, 0.5) is 4.39 Å². The molecule has 1 N–H and O–H groups in total. The van der Waals surface area contributed by atoms with E-state index in [1.807, 2.05) is 0 Å². The van der Waals surface area contributed by atoms with Crippen molar-refractivity contribution in [2.45, 2.75) is 0 Å². The summed E-state index contributed by atoms with van der Waals surface area (Å²) in [7, 11) is 0. The molecule has 0 aromatic carbocycles. The summed E-state index contributed by atoms with van der Waals surface area (Å²) in [5, 5.41) is 7.35. The summed E-state index contributed by atoms with van der Waals surface area (Å²) < 4.78 is 11.3. The maximum absolute atomic E-state index is 11.3. The van der Waals surface area contributed by atoms with Crippen LogP contribution in [0.2, 0.25) is 0 Å². The number of halogens is 1. The summed E-state index contributed by atoms with van der Waals surface area (Å²) in [6.07, 6.45) is 0. The first-order valence-electron chi connectivity index (χ1n) is 1.38. The second-order valence-corrected chi connectivity index (χ2v) is 0.784. The molecule has 0 saturated carbocycles. The van der Waals surface area contributed by atoms with Crippen LogP contribution in [0, 0.1) is 0 Å². The Kier molecular flexibility index (Phi) is 2.01. The molecule has 3 nitrogen and oxygen atoms in total. The summed E-state index contributed by atoms with van der Waals surface area (Å²) in [6.45, 7) is 2.52. The maximum atomic E-state index is 11.3. The lowest BCUT2D eigenvalue weighted by Gasteiger charge is -1.84. The van der Waals surface area contributed by atoms with Gasteiger partial charge in [-0.1, -0.05) is 6.58 Å². The summed E-state index contributed by atoms with van der Waals surface area (Å²) >= 11 is 0. The van der Waals surface area contributed by atoms with Gasteiger partial charge in [0.1, 0.15) is 0 Å². The monoisotopic (exact) mass is 106 g/mol. The van der Waals surface area contributed by atoms with Crippen LogP contribution in [0.3, 0.4) is 0 Å². The van der Waals surface area contributed by atoms with Crippen molar-refractivity contribution in [1.82, 2.24) is 0 Å². The zero-order valence-corrected chi connectivity index (χ0v) is 3.35.